The zero-order valence-electron chi connectivity index (χ0n) is 19.4. The van der Waals surface area contributed by atoms with Crippen LogP contribution in [-0.2, 0) is 6.54 Å². The summed E-state index contributed by atoms with van der Waals surface area (Å²) in [6.07, 6.45) is 4.21. The number of primary amides is 1. The van der Waals surface area contributed by atoms with Gasteiger partial charge in [0.2, 0.25) is 5.91 Å². The molecule has 0 aliphatic heterocycles. The van der Waals surface area contributed by atoms with Gasteiger partial charge in [-0.2, -0.15) is 0 Å². The minimum atomic E-state index is -0.430. The van der Waals surface area contributed by atoms with Crippen molar-refractivity contribution in [3.63, 3.8) is 0 Å². The van der Waals surface area contributed by atoms with Crippen molar-refractivity contribution in [3.8, 4) is 10.7 Å². The van der Waals surface area contributed by atoms with Crippen molar-refractivity contribution in [3.05, 3.63) is 82.9 Å². The van der Waals surface area contributed by atoms with E-state index in [-0.39, 0.29) is 0 Å². The van der Waals surface area contributed by atoms with Crippen LogP contribution >= 0.6 is 11.3 Å². The number of nitrogens with zero attached hydrogens (tertiary/aromatic N) is 3. The van der Waals surface area contributed by atoms with Crippen LogP contribution < -0.4 is 11.5 Å². The van der Waals surface area contributed by atoms with Crippen molar-refractivity contribution < 1.29 is 4.79 Å². The van der Waals surface area contributed by atoms with Gasteiger partial charge in [-0.1, -0.05) is 59.9 Å². The summed E-state index contributed by atoms with van der Waals surface area (Å²) in [7, 11) is 0. The maximum atomic E-state index is 12.0. The summed E-state index contributed by atoms with van der Waals surface area (Å²) in [5, 5.41) is 14.7. The molecule has 4 N–H and O–H groups in total. The number of benzene rings is 3. The Morgan fingerprint density at radius 3 is 2.57 bits per heavy atom. The van der Waals surface area contributed by atoms with Crippen LogP contribution in [0.15, 0.2) is 66.7 Å². The van der Waals surface area contributed by atoms with E-state index in [9.17, 15) is 4.79 Å². The first-order valence-corrected chi connectivity index (χ1v) is 12.9. The van der Waals surface area contributed by atoms with E-state index >= 15 is 0 Å². The van der Waals surface area contributed by atoms with E-state index in [1.54, 1.807) is 17.4 Å². The van der Waals surface area contributed by atoms with Crippen LogP contribution in [0.4, 0.5) is 0 Å². The number of amides is 1. The minimum Gasteiger partial charge on any atom is -0.366 e. The van der Waals surface area contributed by atoms with Crippen LogP contribution in [0.3, 0.4) is 0 Å². The van der Waals surface area contributed by atoms with Crippen LogP contribution in [0, 0.1) is 0 Å². The molecule has 35 heavy (non-hydrogen) atoms. The predicted octanol–water partition coefficient (Wildman–Crippen LogP) is 5.45. The molecule has 7 heteroatoms. The molecule has 5 aromatic rings. The highest BCUT2D eigenvalue weighted by Crippen LogP contribution is 2.38. The summed E-state index contributed by atoms with van der Waals surface area (Å²) in [6.45, 7) is 0.648. The maximum absolute atomic E-state index is 12.0. The summed E-state index contributed by atoms with van der Waals surface area (Å²) in [5.41, 5.74) is 15.4. The first kappa shape index (κ1) is 21.9. The molecule has 2 aromatic heterocycles. The third kappa shape index (κ3) is 4.11. The number of rotatable bonds is 5. The summed E-state index contributed by atoms with van der Waals surface area (Å²) in [4.78, 5) is 12.0. The third-order valence-electron chi connectivity index (χ3n) is 7.18. The molecule has 1 amide bonds. The quantitative estimate of drug-likeness (QED) is 0.349. The molecule has 0 saturated heterocycles. The second-order valence-corrected chi connectivity index (χ2v) is 10.5. The lowest BCUT2D eigenvalue weighted by molar-refractivity contribution is 0.100. The first-order chi connectivity index (χ1) is 17.1. The molecule has 6 rings (SSSR count). The average molecular weight is 482 g/mol. The molecular formula is C28H27N5OS. The van der Waals surface area contributed by atoms with Gasteiger partial charge in [0.15, 0.2) is 5.01 Å². The van der Waals surface area contributed by atoms with Gasteiger partial charge in [0.1, 0.15) is 5.01 Å². The first-order valence-electron chi connectivity index (χ1n) is 12.1. The molecule has 176 valence electrons. The van der Waals surface area contributed by atoms with Gasteiger partial charge in [-0.3, -0.25) is 4.79 Å². The van der Waals surface area contributed by atoms with E-state index in [4.69, 9.17) is 11.5 Å². The SMILES string of the molecule is NC(=O)c1ccc2cc(-c3nnc([C@H]4CC[C@H](N)CC4)s3)n(Cc3cccc4ccccc34)c2c1. The normalized spacial score (nSPS) is 18.3. The molecule has 1 aliphatic carbocycles. The molecule has 2 heterocycles. The Hall–Kier alpha value is -3.55. The zero-order chi connectivity index (χ0) is 23.9. The second kappa shape index (κ2) is 8.91. The summed E-state index contributed by atoms with van der Waals surface area (Å²) < 4.78 is 2.24. The van der Waals surface area contributed by atoms with Crippen molar-refractivity contribution in [2.24, 2.45) is 11.5 Å². The molecule has 1 fully saturated rings. The topological polar surface area (TPSA) is 99.8 Å². The van der Waals surface area contributed by atoms with Crippen molar-refractivity contribution in [1.29, 1.82) is 0 Å². The second-order valence-electron chi connectivity index (χ2n) is 9.45. The molecule has 3 aromatic carbocycles. The van der Waals surface area contributed by atoms with Gasteiger partial charge >= 0.3 is 0 Å². The number of carbonyl (C=O) groups excluding carboxylic acids is 1. The zero-order valence-corrected chi connectivity index (χ0v) is 20.2. The molecule has 0 bridgehead atoms. The van der Waals surface area contributed by atoms with Crippen LogP contribution in [0.1, 0.15) is 52.5 Å². The van der Waals surface area contributed by atoms with Crippen molar-refractivity contribution in [2.75, 3.05) is 0 Å². The Kier molecular flexibility index (Phi) is 5.59. The number of fused-ring (bicyclic) bond motifs is 2. The van der Waals surface area contributed by atoms with Gasteiger partial charge in [0, 0.05) is 35.0 Å². The lowest BCUT2D eigenvalue weighted by Gasteiger charge is -2.23. The smallest absolute Gasteiger partial charge is 0.248 e. The molecule has 1 aliphatic rings. The largest absolute Gasteiger partial charge is 0.366 e. The number of carbonyl (C=O) groups is 1. The van der Waals surface area contributed by atoms with E-state index in [1.807, 2.05) is 12.1 Å². The van der Waals surface area contributed by atoms with E-state index in [1.165, 1.54) is 16.3 Å². The van der Waals surface area contributed by atoms with Gasteiger partial charge in [0.25, 0.3) is 0 Å². The minimum absolute atomic E-state index is 0.307. The van der Waals surface area contributed by atoms with Gasteiger partial charge < -0.3 is 16.0 Å². The Balaban J connectivity index is 1.47. The summed E-state index contributed by atoms with van der Waals surface area (Å²) in [5.74, 6) is -0.00141. The molecule has 0 spiro atoms. The fourth-order valence-electron chi connectivity index (χ4n) is 5.23. The lowest BCUT2D eigenvalue weighted by atomic mass is 9.87. The highest BCUT2D eigenvalue weighted by atomic mass is 32.1. The maximum Gasteiger partial charge on any atom is 0.248 e. The third-order valence-corrected chi connectivity index (χ3v) is 8.29. The summed E-state index contributed by atoms with van der Waals surface area (Å²) in [6, 6.07) is 22.9. The van der Waals surface area contributed by atoms with Crippen LogP contribution in [0.2, 0.25) is 0 Å². The Morgan fingerprint density at radius 2 is 1.74 bits per heavy atom. The van der Waals surface area contributed by atoms with Crippen molar-refractivity contribution >= 4 is 38.9 Å². The van der Waals surface area contributed by atoms with Gasteiger partial charge in [-0.15, -0.1) is 10.2 Å². The predicted molar refractivity (Wildman–Crippen MR) is 142 cm³/mol. The van der Waals surface area contributed by atoms with Crippen molar-refractivity contribution in [1.82, 2.24) is 14.8 Å². The monoisotopic (exact) mass is 481 g/mol. The molecular weight excluding hydrogens is 454 g/mol. The Morgan fingerprint density at radius 1 is 0.943 bits per heavy atom. The fraction of sp³-hybridized carbons (Fsp3) is 0.250. The summed E-state index contributed by atoms with van der Waals surface area (Å²) >= 11 is 1.67. The van der Waals surface area contributed by atoms with E-state index in [2.05, 4.69) is 63.3 Å². The van der Waals surface area contributed by atoms with Crippen molar-refractivity contribution in [2.45, 2.75) is 44.2 Å². The van der Waals surface area contributed by atoms with E-state index in [0.717, 1.165) is 52.3 Å². The lowest BCUT2D eigenvalue weighted by Crippen LogP contribution is -2.25. The molecule has 0 unspecified atom stereocenters. The van der Waals surface area contributed by atoms with Gasteiger partial charge in [0.05, 0.1) is 5.69 Å². The number of hydrogen-bond acceptors (Lipinski definition) is 5. The molecule has 6 nitrogen and oxygen atoms in total. The fourth-order valence-corrected chi connectivity index (χ4v) is 6.26. The standard InChI is InChI=1S/C28H27N5OS/c29-22-12-10-18(11-13-22)27-31-32-28(35-27)25-14-19-8-9-20(26(30)34)15-24(19)33(25)16-21-6-3-5-17-4-1-2-7-23(17)21/h1-9,14-15,18,22H,10-13,16,29H2,(H2,30,34)/t18-,22-. The molecule has 0 radical (unpaired) electrons. The average Bonchev–Trinajstić information content (AvgIpc) is 3.50. The van der Waals surface area contributed by atoms with E-state index < -0.39 is 5.91 Å². The highest BCUT2D eigenvalue weighted by molar-refractivity contribution is 7.14. The van der Waals surface area contributed by atoms with Gasteiger partial charge in [-0.25, -0.2) is 0 Å². The number of nitrogens with two attached hydrogens (primary N) is 2. The van der Waals surface area contributed by atoms with E-state index in [0.29, 0.717) is 24.1 Å². The Labute approximate surface area is 207 Å². The highest BCUT2D eigenvalue weighted by Gasteiger charge is 2.24. The van der Waals surface area contributed by atoms with Gasteiger partial charge in [-0.05, 0) is 60.2 Å². The Bertz CT molecular complexity index is 1540. The molecule has 0 atom stereocenters. The number of aromatic nitrogens is 3. The van der Waals surface area contributed by atoms with Crippen LogP contribution in [0.5, 0.6) is 0 Å². The molecule has 1 saturated carbocycles. The van der Waals surface area contributed by atoms with Crippen LogP contribution in [-0.4, -0.2) is 26.7 Å². The van der Waals surface area contributed by atoms with Crippen LogP contribution in [0.25, 0.3) is 32.4 Å². The number of hydrogen-bond donors (Lipinski definition) is 2.